The van der Waals surface area contributed by atoms with Crippen molar-refractivity contribution in [3.8, 4) is 5.75 Å². The maximum atomic E-state index is 13.0. The van der Waals surface area contributed by atoms with Gasteiger partial charge in [0.25, 0.3) is 0 Å². The van der Waals surface area contributed by atoms with Crippen molar-refractivity contribution in [3.05, 3.63) is 29.3 Å². The van der Waals surface area contributed by atoms with Crippen LogP contribution in [-0.4, -0.2) is 26.2 Å². The predicted molar refractivity (Wildman–Crippen MR) is 76.5 cm³/mol. The van der Waals surface area contributed by atoms with Gasteiger partial charge in [-0.25, -0.2) is 4.99 Å². The molecular weight excluding hydrogens is 283 g/mol. The monoisotopic (exact) mass is 303 g/mol. The molecule has 21 heavy (non-hydrogen) atoms. The van der Waals surface area contributed by atoms with Crippen molar-refractivity contribution >= 4 is 5.96 Å². The lowest BCUT2D eigenvalue weighted by molar-refractivity contribution is -0.138. The fourth-order valence-corrected chi connectivity index (χ4v) is 1.76. The third-order valence-electron chi connectivity index (χ3n) is 2.72. The van der Waals surface area contributed by atoms with Crippen molar-refractivity contribution in [1.29, 1.82) is 0 Å². The second-order valence-electron chi connectivity index (χ2n) is 4.25. The van der Waals surface area contributed by atoms with Gasteiger partial charge in [-0.05, 0) is 31.5 Å². The molecule has 1 aromatic carbocycles. The van der Waals surface area contributed by atoms with Gasteiger partial charge in [-0.15, -0.1) is 0 Å². The first kappa shape index (κ1) is 17.1. The molecule has 0 aliphatic carbocycles. The van der Waals surface area contributed by atoms with Crippen LogP contribution in [0.25, 0.3) is 0 Å². The van der Waals surface area contributed by atoms with Gasteiger partial charge in [-0.3, -0.25) is 0 Å². The lowest BCUT2D eigenvalue weighted by atomic mass is 10.1. The first-order valence-corrected chi connectivity index (χ1v) is 6.68. The van der Waals surface area contributed by atoms with Crippen molar-refractivity contribution < 1.29 is 17.9 Å². The number of ether oxygens (including phenoxy) is 1. The molecule has 0 radical (unpaired) electrons. The summed E-state index contributed by atoms with van der Waals surface area (Å²) in [7, 11) is 1.34. The number of nitrogens with zero attached hydrogens (tertiary/aromatic N) is 1. The lowest BCUT2D eigenvalue weighted by Crippen LogP contribution is -2.37. The molecule has 0 aliphatic heterocycles. The molecule has 0 saturated carbocycles. The second kappa shape index (κ2) is 7.75. The second-order valence-corrected chi connectivity index (χ2v) is 4.25. The Morgan fingerprint density at radius 2 is 1.81 bits per heavy atom. The minimum absolute atomic E-state index is 0.0613. The molecule has 1 aromatic rings. The Hall–Kier alpha value is -1.92. The average Bonchev–Trinajstić information content (AvgIpc) is 2.44. The van der Waals surface area contributed by atoms with Crippen LogP contribution in [0.15, 0.2) is 23.2 Å². The van der Waals surface area contributed by atoms with E-state index in [0.717, 1.165) is 6.07 Å². The Morgan fingerprint density at radius 3 is 2.29 bits per heavy atom. The molecule has 0 spiro atoms. The maximum absolute atomic E-state index is 13.0. The fraction of sp³-hybridized carbons (Fsp3) is 0.500. The van der Waals surface area contributed by atoms with E-state index in [4.69, 9.17) is 4.74 Å². The number of hydrogen-bond donors (Lipinski definition) is 2. The van der Waals surface area contributed by atoms with Crippen LogP contribution in [0.1, 0.15) is 25.0 Å². The Kier molecular flexibility index (Phi) is 6.33. The van der Waals surface area contributed by atoms with Gasteiger partial charge in [-0.2, -0.15) is 13.2 Å². The molecule has 0 amide bonds. The van der Waals surface area contributed by atoms with Crippen molar-refractivity contribution in [2.24, 2.45) is 4.99 Å². The van der Waals surface area contributed by atoms with E-state index in [1.807, 2.05) is 13.8 Å². The van der Waals surface area contributed by atoms with E-state index in [2.05, 4.69) is 15.6 Å². The van der Waals surface area contributed by atoms with E-state index in [1.54, 1.807) is 0 Å². The summed E-state index contributed by atoms with van der Waals surface area (Å²) in [5, 5.41) is 5.93. The summed E-state index contributed by atoms with van der Waals surface area (Å²) >= 11 is 0. The highest BCUT2D eigenvalue weighted by Crippen LogP contribution is 2.34. The first-order chi connectivity index (χ1) is 9.92. The molecular formula is C14H20F3N3O. The summed E-state index contributed by atoms with van der Waals surface area (Å²) in [6.45, 7) is 5.00. The van der Waals surface area contributed by atoms with Gasteiger partial charge in [0.1, 0.15) is 5.75 Å². The minimum atomic E-state index is -4.43. The van der Waals surface area contributed by atoms with Crippen LogP contribution in [0.2, 0.25) is 0 Å². The van der Waals surface area contributed by atoms with Crippen LogP contribution < -0.4 is 15.4 Å². The van der Waals surface area contributed by atoms with Gasteiger partial charge in [-0.1, -0.05) is 6.07 Å². The van der Waals surface area contributed by atoms with E-state index < -0.39 is 11.7 Å². The van der Waals surface area contributed by atoms with Gasteiger partial charge < -0.3 is 15.4 Å². The fourth-order valence-electron chi connectivity index (χ4n) is 1.76. The molecule has 1 rings (SSSR count). The number of methoxy groups -OCH3 is 1. The number of alkyl halides is 3. The Balaban J connectivity index is 3.04. The molecule has 0 heterocycles. The van der Waals surface area contributed by atoms with Gasteiger partial charge in [0.2, 0.25) is 0 Å². The molecule has 0 bridgehead atoms. The molecule has 0 aromatic heterocycles. The van der Waals surface area contributed by atoms with E-state index in [-0.39, 0.29) is 17.9 Å². The van der Waals surface area contributed by atoms with E-state index in [9.17, 15) is 13.2 Å². The molecule has 4 nitrogen and oxygen atoms in total. The smallest absolute Gasteiger partial charge is 0.416 e. The molecule has 0 aliphatic rings. The van der Waals surface area contributed by atoms with E-state index >= 15 is 0 Å². The standard InChI is InChI=1S/C14H20F3N3O/c1-4-18-13(19-5-2)20-9-10-6-7-11(21-3)8-12(10)14(15,16)17/h6-8H,4-5,9H2,1-3H3,(H2,18,19,20). The van der Waals surface area contributed by atoms with Crippen molar-refractivity contribution in [2.45, 2.75) is 26.6 Å². The number of hydrogen-bond acceptors (Lipinski definition) is 2. The molecule has 0 fully saturated rings. The number of halogens is 3. The highest BCUT2D eigenvalue weighted by atomic mass is 19.4. The summed E-state index contributed by atoms with van der Waals surface area (Å²) in [5.74, 6) is 0.664. The normalized spacial score (nSPS) is 11.0. The lowest BCUT2D eigenvalue weighted by Gasteiger charge is -2.14. The molecule has 7 heteroatoms. The SMILES string of the molecule is CCNC(=NCc1ccc(OC)cc1C(F)(F)F)NCC. The summed E-state index contributed by atoms with van der Waals surface area (Å²) < 4.78 is 44.0. The molecule has 2 N–H and O–H groups in total. The quantitative estimate of drug-likeness (QED) is 0.649. The molecule has 0 unspecified atom stereocenters. The van der Waals surface area contributed by atoms with Crippen LogP contribution in [0.5, 0.6) is 5.75 Å². The molecule has 118 valence electrons. The predicted octanol–water partition coefficient (Wildman–Crippen LogP) is 2.79. The third kappa shape index (κ3) is 5.17. The Labute approximate surface area is 122 Å². The zero-order valence-corrected chi connectivity index (χ0v) is 12.3. The third-order valence-corrected chi connectivity index (χ3v) is 2.72. The number of rotatable bonds is 5. The molecule has 0 saturated heterocycles. The van der Waals surface area contributed by atoms with Gasteiger partial charge >= 0.3 is 6.18 Å². The topological polar surface area (TPSA) is 45.7 Å². The Bertz CT molecular complexity index is 479. The first-order valence-electron chi connectivity index (χ1n) is 6.68. The summed E-state index contributed by atoms with van der Waals surface area (Å²) in [6, 6.07) is 3.88. The van der Waals surface area contributed by atoms with Crippen LogP contribution in [0, 0.1) is 0 Å². The van der Waals surface area contributed by atoms with Gasteiger partial charge in [0, 0.05) is 13.1 Å². The zero-order valence-electron chi connectivity index (χ0n) is 12.3. The average molecular weight is 303 g/mol. The molecule has 0 atom stereocenters. The van der Waals surface area contributed by atoms with Crippen molar-refractivity contribution in [3.63, 3.8) is 0 Å². The summed E-state index contributed by atoms with van der Waals surface area (Å²) in [6.07, 6.45) is -4.43. The summed E-state index contributed by atoms with van der Waals surface area (Å²) in [4.78, 5) is 4.16. The number of aliphatic imine (C=N–C) groups is 1. The Morgan fingerprint density at radius 1 is 1.19 bits per heavy atom. The number of benzene rings is 1. The van der Waals surface area contributed by atoms with Gasteiger partial charge in [0.15, 0.2) is 5.96 Å². The highest BCUT2D eigenvalue weighted by Gasteiger charge is 2.33. The van der Waals surface area contributed by atoms with Gasteiger partial charge in [0.05, 0.1) is 19.2 Å². The van der Waals surface area contributed by atoms with E-state index in [0.29, 0.717) is 19.0 Å². The van der Waals surface area contributed by atoms with Crippen molar-refractivity contribution in [2.75, 3.05) is 20.2 Å². The maximum Gasteiger partial charge on any atom is 0.416 e. The van der Waals surface area contributed by atoms with Crippen LogP contribution in [-0.2, 0) is 12.7 Å². The zero-order chi connectivity index (χ0) is 15.9. The summed E-state index contributed by atoms with van der Waals surface area (Å²) in [5.41, 5.74) is -0.616. The highest BCUT2D eigenvalue weighted by molar-refractivity contribution is 5.79. The van der Waals surface area contributed by atoms with Crippen LogP contribution >= 0.6 is 0 Å². The van der Waals surface area contributed by atoms with Crippen LogP contribution in [0.4, 0.5) is 13.2 Å². The largest absolute Gasteiger partial charge is 0.497 e. The minimum Gasteiger partial charge on any atom is -0.497 e. The number of guanidine groups is 1. The van der Waals surface area contributed by atoms with Crippen LogP contribution in [0.3, 0.4) is 0 Å². The van der Waals surface area contributed by atoms with Crippen molar-refractivity contribution in [1.82, 2.24) is 10.6 Å². The number of nitrogens with one attached hydrogen (secondary N) is 2. The van der Waals surface area contributed by atoms with E-state index in [1.165, 1.54) is 19.2 Å².